The summed E-state index contributed by atoms with van der Waals surface area (Å²) in [4.78, 5) is 14.4. The second-order valence-electron chi connectivity index (χ2n) is 5.82. The first-order valence-electron chi connectivity index (χ1n) is 6.99. The Balaban J connectivity index is 2.31. The zero-order valence-electron chi connectivity index (χ0n) is 13.0. The molecule has 1 heterocycles. The Morgan fingerprint density at radius 3 is 2.45 bits per heavy atom. The zero-order valence-corrected chi connectivity index (χ0v) is 14.5. The SMILES string of the molecule is C=CCOC1=C(C)CN(C(C)(C)c2cc(Cl)cc(Cl)c2)C1=O. The van der Waals surface area contributed by atoms with E-state index in [4.69, 9.17) is 27.9 Å². The summed E-state index contributed by atoms with van der Waals surface area (Å²) in [6.07, 6.45) is 1.62. The second kappa shape index (κ2) is 6.35. The molecule has 1 aromatic rings. The number of hydrogen-bond donors (Lipinski definition) is 0. The van der Waals surface area contributed by atoms with Crippen LogP contribution in [-0.4, -0.2) is 24.0 Å². The van der Waals surface area contributed by atoms with Gasteiger partial charge in [0.1, 0.15) is 6.61 Å². The molecule has 1 aliphatic heterocycles. The predicted octanol–water partition coefficient (Wildman–Crippen LogP) is 4.55. The Bertz CT molecular complexity index is 630. The molecule has 0 fully saturated rings. The number of benzene rings is 1. The Morgan fingerprint density at radius 2 is 1.91 bits per heavy atom. The fraction of sp³-hybridized carbons (Fsp3) is 0.353. The highest BCUT2D eigenvalue weighted by Gasteiger charge is 2.40. The Kier molecular flexibility index (Phi) is 4.88. The standard InChI is InChI=1S/C17H19Cl2NO2/c1-5-6-22-15-11(2)10-20(16(15)21)17(3,4)12-7-13(18)9-14(19)8-12/h5,7-9H,1,6,10H2,2-4H3. The number of rotatable bonds is 5. The van der Waals surface area contributed by atoms with E-state index in [1.807, 2.05) is 32.9 Å². The van der Waals surface area contributed by atoms with Crippen LogP contribution in [0.2, 0.25) is 10.0 Å². The van der Waals surface area contributed by atoms with E-state index in [2.05, 4.69) is 6.58 Å². The second-order valence-corrected chi connectivity index (χ2v) is 6.69. The molecule has 0 radical (unpaired) electrons. The van der Waals surface area contributed by atoms with Crippen molar-refractivity contribution in [3.05, 3.63) is 57.8 Å². The third-order valence-electron chi connectivity index (χ3n) is 3.81. The van der Waals surface area contributed by atoms with E-state index in [-0.39, 0.29) is 5.91 Å². The minimum atomic E-state index is -0.549. The summed E-state index contributed by atoms with van der Waals surface area (Å²) in [7, 11) is 0. The Hall–Kier alpha value is -1.45. The lowest BCUT2D eigenvalue weighted by atomic mass is 9.92. The summed E-state index contributed by atoms with van der Waals surface area (Å²) in [5.74, 6) is 0.279. The largest absolute Gasteiger partial charge is 0.484 e. The van der Waals surface area contributed by atoms with Crippen molar-refractivity contribution in [1.29, 1.82) is 0 Å². The van der Waals surface area contributed by atoms with Crippen LogP contribution in [-0.2, 0) is 15.1 Å². The molecule has 0 saturated heterocycles. The van der Waals surface area contributed by atoms with Gasteiger partial charge in [-0.1, -0.05) is 35.9 Å². The smallest absolute Gasteiger partial charge is 0.289 e. The van der Waals surface area contributed by atoms with Crippen LogP contribution >= 0.6 is 23.2 Å². The van der Waals surface area contributed by atoms with Gasteiger partial charge in [-0.3, -0.25) is 4.79 Å². The van der Waals surface area contributed by atoms with Gasteiger partial charge in [0.05, 0.1) is 5.54 Å². The Labute approximate surface area is 141 Å². The van der Waals surface area contributed by atoms with Crippen molar-refractivity contribution in [1.82, 2.24) is 4.90 Å². The summed E-state index contributed by atoms with van der Waals surface area (Å²) in [5, 5.41) is 1.10. The summed E-state index contributed by atoms with van der Waals surface area (Å²) < 4.78 is 5.50. The molecular formula is C17H19Cl2NO2. The fourth-order valence-electron chi connectivity index (χ4n) is 2.53. The summed E-state index contributed by atoms with van der Waals surface area (Å²) in [6.45, 7) is 10.3. The van der Waals surface area contributed by atoms with Gasteiger partial charge >= 0.3 is 0 Å². The van der Waals surface area contributed by atoms with Crippen LogP contribution in [0.5, 0.6) is 0 Å². The van der Waals surface area contributed by atoms with Gasteiger partial charge in [-0.15, -0.1) is 0 Å². The predicted molar refractivity (Wildman–Crippen MR) is 90.1 cm³/mol. The van der Waals surface area contributed by atoms with Crippen molar-refractivity contribution in [3.8, 4) is 0 Å². The van der Waals surface area contributed by atoms with E-state index < -0.39 is 5.54 Å². The molecule has 0 atom stereocenters. The van der Waals surface area contributed by atoms with Gasteiger partial charge in [0.2, 0.25) is 0 Å². The first-order chi connectivity index (χ1) is 10.3. The van der Waals surface area contributed by atoms with Crippen LogP contribution in [0.3, 0.4) is 0 Å². The molecule has 0 aromatic heterocycles. The van der Waals surface area contributed by atoms with Gasteiger partial charge in [-0.2, -0.15) is 0 Å². The fourth-order valence-corrected chi connectivity index (χ4v) is 3.05. The number of carbonyl (C=O) groups excluding carboxylic acids is 1. The zero-order chi connectivity index (χ0) is 16.5. The molecule has 3 nitrogen and oxygen atoms in total. The van der Waals surface area contributed by atoms with Crippen molar-refractivity contribution in [3.63, 3.8) is 0 Å². The molecule has 22 heavy (non-hydrogen) atoms. The molecule has 0 spiro atoms. The highest BCUT2D eigenvalue weighted by atomic mass is 35.5. The van der Waals surface area contributed by atoms with E-state index in [9.17, 15) is 4.79 Å². The van der Waals surface area contributed by atoms with Gasteiger partial charge < -0.3 is 9.64 Å². The highest BCUT2D eigenvalue weighted by Crippen LogP contribution is 2.36. The number of nitrogens with zero attached hydrogens (tertiary/aromatic N) is 1. The molecule has 0 unspecified atom stereocenters. The lowest BCUT2D eigenvalue weighted by molar-refractivity contribution is -0.133. The number of ether oxygens (including phenoxy) is 1. The maximum absolute atomic E-state index is 12.7. The average molecular weight is 340 g/mol. The van der Waals surface area contributed by atoms with Crippen LogP contribution in [0.4, 0.5) is 0 Å². The van der Waals surface area contributed by atoms with Crippen LogP contribution in [0.25, 0.3) is 0 Å². The molecular weight excluding hydrogens is 321 g/mol. The highest BCUT2D eigenvalue weighted by molar-refractivity contribution is 6.34. The van der Waals surface area contributed by atoms with E-state index in [1.165, 1.54) is 0 Å². The van der Waals surface area contributed by atoms with Crippen molar-refractivity contribution in [2.75, 3.05) is 13.2 Å². The molecule has 1 amide bonds. The quantitative estimate of drug-likeness (QED) is 0.736. The molecule has 1 aromatic carbocycles. The lowest BCUT2D eigenvalue weighted by Crippen LogP contribution is -2.43. The van der Waals surface area contributed by atoms with Gasteiger partial charge in [-0.25, -0.2) is 0 Å². The van der Waals surface area contributed by atoms with Crippen molar-refractivity contribution < 1.29 is 9.53 Å². The summed E-state index contributed by atoms with van der Waals surface area (Å²) >= 11 is 12.2. The monoisotopic (exact) mass is 339 g/mol. The molecule has 0 N–H and O–H groups in total. The lowest BCUT2D eigenvalue weighted by Gasteiger charge is -2.36. The van der Waals surface area contributed by atoms with E-state index in [0.717, 1.165) is 11.1 Å². The maximum Gasteiger partial charge on any atom is 0.289 e. The maximum atomic E-state index is 12.7. The molecule has 2 rings (SSSR count). The van der Waals surface area contributed by atoms with Crippen LogP contribution < -0.4 is 0 Å². The van der Waals surface area contributed by atoms with Gasteiger partial charge in [0.25, 0.3) is 5.91 Å². The van der Waals surface area contributed by atoms with E-state index >= 15 is 0 Å². The molecule has 1 aliphatic rings. The number of hydrogen-bond acceptors (Lipinski definition) is 2. The van der Waals surface area contributed by atoms with Crippen LogP contribution in [0.1, 0.15) is 26.3 Å². The average Bonchev–Trinajstić information content (AvgIpc) is 2.71. The number of carbonyl (C=O) groups is 1. The minimum absolute atomic E-state index is 0.125. The van der Waals surface area contributed by atoms with E-state index in [1.54, 1.807) is 17.0 Å². The molecule has 5 heteroatoms. The topological polar surface area (TPSA) is 29.5 Å². The number of amides is 1. The van der Waals surface area contributed by atoms with Crippen LogP contribution in [0.15, 0.2) is 42.2 Å². The molecule has 0 aliphatic carbocycles. The molecule has 0 bridgehead atoms. The first kappa shape index (κ1) is 16.9. The molecule has 0 saturated carbocycles. The first-order valence-corrected chi connectivity index (χ1v) is 7.75. The van der Waals surface area contributed by atoms with Crippen LogP contribution in [0, 0.1) is 0 Å². The van der Waals surface area contributed by atoms with E-state index in [0.29, 0.717) is 29.0 Å². The van der Waals surface area contributed by atoms with Gasteiger partial charge in [0, 0.05) is 16.6 Å². The van der Waals surface area contributed by atoms with Crippen molar-refractivity contribution in [2.45, 2.75) is 26.3 Å². The minimum Gasteiger partial charge on any atom is -0.484 e. The Morgan fingerprint density at radius 1 is 1.32 bits per heavy atom. The normalized spacial score (nSPS) is 15.5. The number of halogens is 2. The summed E-state index contributed by atoms with van der Waals surface area (Å²) in [5.41, 5.74) is 1.25. The summed E-state index contributed by atoms with van der Waals surface area (Å²) in [6, 6.07) is 5.34. The van der Waals surface area contributed by atoms with Gasteiger partial charge in [-0.05, 0) is 50.1 Å². The third-order valence-corrected chi connectivity index (χ3v) is 4.25. The molecule has 118 valence electrons. The van der Waals surface area contributed by atoms with Crippen molar-refractivity contribution in [2.24, 2.45) is 0 Å². The third kappa shape index (κ3) is 3.16. The van der Waals surface area contributed by atoms with Crippen molar-refractivity contribution >= 4 is 29.1 Å². The van der Waals surface area contributed by atoms with Gasteiger partial charge in [0.15, 0.2) is 5.76 Å².